The SMILES string of the molecule is NCCCC[C@H](NC(=O)N[C@H](CCCCNC(=O)OCc1ccccc1)C(N)=O)C(=O)O. The number of carboxylic acids is 1. The molecule has 11 nitrogen and oxygen atoms in total. The van der Waals surface area contributed by atoms with Crippen LogP contribution in [0.5, 0.6) is 0 Å². The summed E-state index contributed by atoms with van der Waals surface area (Å²) in [6.45, 7) is 0.925. The summed E-state index contributed by atoms with van der Waals surface area (Å²) in [6.07, 6.45) is 2.14. The number of carbonyl (C=O) groups excluding carboxylic acids is 3. The van der Waals surface area contributed by atoms with E-state index in [0.29, 0.717) is 38.8 Å². The predicted molar refractivity (Wildman–Crippen MR) is 117 cm³/mol. The molecule has 0 spiro atoms. The molecule has 178 valence electrons. The Labute approximate surface area is 187 Å². The summed E-state index contributed by atoms with van der Waals surface area (Å²) in [6, 6.07) is 6.44. The zero-order chi connectivity index (χ0) is 23.8. The second kappa shape index (κ2) is 15.5. The van der Waals surface area contributed by atoms with Crippen LogP contribution in [0, 0.1) is 0 Å². The van der Waals surface area contributed by atoms with Crippen LogP contribution in [0.2, 0.25) is 0 Å². The van der Waals surface area contributed by atoms with Gasteiger partial charge in [0.25, 0.3) is 0 Å². The molecule has 0 aliphatic carbocycles. The molecule has 0 saturated heterocycles. The van der Waals surface area contributed by atoms with Crippen LogP contribution in [0.1, 0.15) is 44.1 Å². The lowest BCUT2D eigenvalue weighted by Gasteiger charge is -2.19. The van der Waals surface area contributed by atoms with E-state index >= 15 is 0 Å². The molecule has 0 fully saturated rings. The first-order chi connectivity index (χ1) is 15.3. The molecule has 2 atom stereocenters. The van der Waals surface area contributed by atoms with Gasteiger partial charge in [-0.2, -0.15) is 0 Å². The van der Waals surface area contributed by atoms with E-state index in [1.807, 2.05) is 30.3 Å². The van der Waals surface area contributed by atoms with Gasteiger partial charge in [0.15, 0.2) is 0 Å². The fourth-order valence-corrected chi connectivity index (χ4v) is 2.83. The van der Waals surface area contributed by atoms with Crippen molar-refractivity contribution in [3.63, 3.8) is 0 Å². The summed E-state index contributed by atoms with van der Waals surface area (Å²) < 4.78 is 5.09. The summed E-state index contributed by atoms with van der Waals surface area (Å²) in [5.74, 6) is -1.90. The predicted octanol–water partition coefficient (Wildman–Crippen LogP) is 0.818. The molecule has 0 bridgehead atoms. The van der Waals surface area contributed by atoms with E-state index in [1.54, 1.807) is 0 Å². The number of hydrogen-bond donors (Lipinski definition) is 6. The Balaban J connectivity index is 2.29. The van der Waals surface area contributed by atoms with Crippen molar-refractivity contribution in [3.8, 4) is 0 Å². The van der Waals surface area contributed by atoms with E-state index in [1.165, 1.54) is 0 Å². The minimum absolute atomic E-state index is 0.166. The average molecular weight is 452 g/mol. The molecule has 4 amide bonds. The number of carbonyl (C=O) groups is 4. The van der Waals surface area contributed by atoms with Crippen LogP contribution >= 0.6 is 0 Å². The molecule has 1 aromatic rings. The van der Waals surface area contributed by atoms with Crippen LogP contribution in [0.4, 0.5) is 9.59 Å². The highest BCUT2D eigenvalue weighted by Gasteiger charge is 2.23. The van der Waals surface area contributed by atoms with Crippen molar-refractivity contribution in [1.29, 1.82) is 0 Å². The molecule has 8 N–H and O–H groups in total. The smallest absolute Gasteiger partial charge is 0.407 e. The summed E-state index contributed by atoms with van der Waals surface area (Å²) >= 11 is 0. The Hall–Kier alpha value is -3.34. The van der Waals surface area contributed by atoms with Crippen LogP contribution in [0.3, 0.4) is 0 Å². The maximum atomic E-state index is 12.1. The Morgan fingerprint density at radius 1 is 0.938 bits per heavy atom. The van der Waals surface area contributed by atoms with Crippen molar-refractivity contribution in [3.05, 3.63) is 35.9 Å². The first-order valence-corrected chi connectivity index (χ1v) is 10.6. The minimum atomic E-state index is -1.17. The summed E-state index contributed by atoms with van der Waals surface area (Å²) in [5, 5.41) is 16.6. The number of carboxylic acid groups (broad SMARTS) is 1. The van der Waals surface area contributed by atoms with Crippen LogP contribution in [-0.2, 0) is 20.9 Å². The quantitative estimate of drug-likeness (QED) is 0.213. The number of nitrogens with one attached hydrogen (secondary N) is 3. The Morgan fingerprint density at radius 2 is 1.56 bits per heavy atom. The fourth-order valence-electron chi connectivity index (χ4n) is 2.83. The van der Waals surface area contributed by atoms with Crippen molar-refractivity contribution in [2.75, 3.05) is 13.1 Å². The number of primary amides is 1. The van der Waals surface area contributed by atoms with Gasteiger partial charge in [0.1, 0.15) is 18.7 Å². The molecule has 32 heavy (non-hydrogen) atoms. The highest BCUT2D eigenvalue weighted by Crippen LogP contribution is 2.04. The normalized spacial score (nSPS) is 12.3. The molecular weight excluding hydrogens is 418 g/mol. The standard InChI is InChI=1S/C21H33N5O6/c22-12-6-4-11-17(19(28)29)26-20(30)25-16(18(23)27)10-5-7-13-24-21(31)32-14-15-8-2-1-3-9-15/h1-3,8-9,16-17H,4-7,10-14,22H2,(H2,23,27)(H,24,31)(H,28,29)(H2,25,26,30)/t16-,17+/m1/s1. The molecule has 0 aliphatic heterocycles. The molecule has 1 aromatic carbocycles. The Morgan fingerprint density at radius 3 is 2.19 bits per heavy atom. The fraction of sp³-hybridized carbons (Fsp3) is 0.524. The van der Waals surface area contributed by atoms with Gasteiger partial charge < -0.3 is 37.3 Å². The number of hydrogen-bond acceptors (Lipinski definition) is 6. The molecule has 0 unspecified atom stereocenters. The van der Waals surface area contributed by atoms with Gasteiger partial charge in [-0.05, 0) is 50.6 Å². The summed E-state index contributed by atoms with van der Waals surface area (Å²) in [4.78, 5) is 46.7. The van der Waals surface area contributed by atoms with Gasteiger partial charge in [-0.25, -0.2) is 14.4 Å². The minimum Gasteiger partial charge on any atom is -0.480 e. The number of alkyl carbamates (subject to hydrolysis) is 1. The van der Waals surface area contributed by atoms with Crippen molar-refractivity contribution >= 4 is 24.0 Å². The van der Waals surface area contributed by atoms with Gasteiger partial charge in [-0.1, -0.05) is 30.3 Å². The number of amides is 4. The number of nitrogens with two attached hydrogens (primary N) is 2. The molecule has 1 rings (SSSR count). The molecule has 0 radical (unpaired) electrons. The third-order valence-corrected chi connectivity index (χ3v) is 4.60. The third kappa shape index (κ3) is 11.7. The lowest BCUT2D eigenvalue weighted by molar-refractivity contribution is -0.139. The van der Waals surface area contributed by atoms with Crippen molar-refractivity contribution in [2.45, 2.75) is 57.2 Å². The highest BCUT2D eigenvalue weighted by molar-refractivity contribution is 5.87. The largest absolute Gasteiger partial charge is 0.480 e. The second-order valence-corrected chi connectivity index (χ2v) is 7.23. The average Bonchev–Trinajstić information content (AvgIpc) is 2.76. The lowest BCUT2D eigenvalue weighted by atomic mass is 10.1. The molecule has 11 heteroatoms. The van der Waals surface area contributed by atoms with Crippen LogP contribution in [0.15, 0.2) is 30.3 Å². The molecule has 0 aromatic heterocycles. The molecule has 0 saturated carbocycles. The number of unbranched alkanes of at least 4 members (excludes halogenated alkanes) is 2. The van der Waals surface area contributed by atoms with Crippen molar-refractivity contribution in [1.82, 2.24) is 16.0 Å². The maximum absolute atomic E-state index is 12.1. The van der Waals surface area contributed by atoms with E-state index in [2.05, 4.69) is 16.0 Å². The van der Waals surface area contributed by atoms with Gasteiger partial charge >= 0.3 is 18.1 Å². The summed E-state index contributed by atoms with van der Waals surface area (Å²) in [5.41, 5.74) is 11.6. The van der Waals surface area contributed by atoms with E-state index in [9.17, 15) is 24.3 Å². The molecular formula is C21H33N5O6. The van der Waals surface area contributed by atoms with E-state index < -0.39 is 36.1 Å². The van der Waals surface area contributed by atoms with Gasteiger partial charge in [-0.3, -0.25) is 4.79 Å². The van der Waals surface area contributed by atoms with Crippen LogP contribution < -0.4 is 27.4 Å². The molecule has 0 heterocycles. The number of urea groups is 1. The van der Waals surface area contributed by atoms with Crippen molar-refractivity contribution < 1.29 is 29.0 Å². The number of aliphatic carboxylic acids is 1. The second-order valence-electron chi connectivity index (χ2n) is 7.23. The zero-order valence-electron chi connectivity index (χ0n) is 18.0. The first-order valence-electron chi connectivity index (χ1n) is 10.6. The lowest BCUT2D eigenvalue weighted by Crippen LogP contribution is -2.52. The topological polar surface area (TPSA) is 186 Å². The van der Waals surface area contributed by atoms with Crippen LogP contribution in [0.25, 0.3) is 0 Å². The maximum Gasteiger partial charge on any atom is 0.407 e. The first kappa shape index (κ1) is 26.7. The Kier molecular flexibility index (Phi) is 12.9. The summed E-state index contributed by atoms with van der Waals surface area (Å²) in [7, 11) is 0. The van der Waals surface area contributed by atoms with Gasteiger partial charge in [0.2, 0.25) is 5.91 Å². The van der Waals surface area contributed by atoms with Gasteiger partial charge in [-0.15, -0.1) is 0 Å². The van der Waals surface area contributed by atoms with Gasteiger partial charge in [0, 0.05) is 6.54 Å². The number of benzene rings is 1. The van der Waals surface area contributed by atoms with Crippen molar-refractivity contribution in [2.24, 2.45) is 11.5 Å². The third-order valence-electron chi connectivity index (χ3n) is 4.60. The van der Waals surface area contributed by atoms with Gasteiger partial charge in [0.05, 0.1) is 0 Å². The van der Waals surface area contributed by atoms with E-state index in [4.69, 9.17) is 16.2 Å². The van der Waals surface area contributed by atoms with E-state index in [-0.39, 0.29) is 19.4 Å². The van der Waals surface area contributed by atoms with Crippen LogP contribution in [-0.4, -0.2) is 54.3 Å². The highest BCUT2D eigenvalue weighted by atomic mass is 16.5. The monoisotopic (exact) mass is 451 g/mol. The van der Waals surface area contributed by atoms with E-state index in [0.717, 1.165) is 5.56 Å². The number of rotatable bonds is 15. The number of ether oxygens (including phenoxy) is 1. The zero-order valence-corrected chi connectivity index (χ0v) is 18.0. The Bertz CT molecular complexity index is 731. The molecule has 0 aliphatic rings.